The number of imidazole rings is 1. The van der Waals surface area contributed by atoms with E-state index in [1.54, 1.807) is 16.0 Å². The summed E-state index contributed by atoms with van der Waals surface area (Å²) in [5, 5.41) is 7.59. The van der Waals surface area contributed by atoms with Crippen LogP contribution in [-0.2, 0) is 11.0 Å². The molecule has 0 saturated carbocycles. The Kier molecular flexibility index (Phi) is 4.64. The summed E-state index contributed by atoms with van der Waals surface area (Å²) in [5.41, 5.74) is -0.554. The van der Waals surface area contributed by atoms with Crippen molar-refractivity contribution < 1.29 is 22.8 Å². The van der Waals surface area contributed by atoms with Gasteiger partial charge < -0.3 is 0 Å². The zero-order chi connectivity index (χ0) is 18.0. The second-order valence-corrected chi connectivity index (χ2v) is 5.89. The highest BCUT2D eigenvalue weighted by atomic mass is 35.5. The fourth-order valence-electron chi connectivity index (χ4n) is 1.93. The van der Waals surface area contributed by atoms with Crippen LogP contribution >= 0.6 is 22.9 Å². The first-order valence-electron chi connectivity index (χ1n) is 6.64. The molecule has 11 heteroatoms. The van der Waals surface area contributed by atoms with Crippen LogP contribution in [0.1, 0.15) is 11.3 Å². The zero-order valence-corrected chi connectivity index (χ0v) is 13.7. The van der Waals surface area contributed by atoms with E-state index in [4.69, 9.17) is 11.6 Å². The number of halogens is 4. The number of nitrogens with one attached hydrogen (secondary N) is 1. The van der Waals surface area contributed by atoms with E-state index in [-0.39, 0.29) is 10.8 Å². The van der Waals surface area contributed by atoms with Crippen molar-refractivity contribution >= 4 is 45.9 Å². The number of amides is 1. The maximum absolute atomic E-state index is 12.6. The second-order valence-electron chi connectivity index (χ2n) is 4.66. The number of aromatic nitrogens is 2. The predicted molar refractivity (Wildman–Crippen MR) is 87.2 cm³/mol. The Morgan fingerprint density at radius 3 is 3.00 bits per heavy atom. The van der Waals surface area contributed by atoms with Crippen LogP contribution in [0.3, 0.4) is 0 Å². The van der Waals surface area contributed by atoms with Crippen molar-refractivity contribution in [3.63, 3.8) is 0 Å². The normalized spacial score (nSPS) is 12.0. The smallest absolute Gasteiger partial charge is 0.298 e. The van der Waals surface area contributed by atoms with Crippen LogP contribution in [0.2, 0.25) is 5.15 Å². The van der Waals surface area contributed by atoms with Crippen LogP contribution in [0, 0.1) is 0 Å². The van der Waals surface area contributed by atoms with Crippen LogP contribution in [0.25, 0.3) is 4.96 Å². The average Bonchev–Trinajstić information content (AvgIpc) is 3.09. The number of anilines is 1. The molecular weight excluding hydrogens is 381 g/mol. The zero-order valence-electron chi connectivity index (χ0n) is 12.1. The Morgan fingerprint density at radius 2 is 2.24 bits per heavy atom. The molecule has 0 fully saturated rings. The van der Waals surface area contributed by atoms with Gasteiger partial charge in [-0.2, -0.15) is 13.2 Å². The molecule has 0 atom stereocenters. The summed E-state index contributed by atoms with van der Waals surface area (Å²) in [6.45, 7) is 0. The molecule has 1 N–H and O–H groups in total. The van der Waals surface area contributed by atoms with Crippen LogP contribution in [0.4, 0.5) is 23.7 Å². The molecule has 0 aliphatic carbocycles. The first kappa shape index (κ1) is 17.2. The summed E-state index contributed by atoms with van der Waals surface area (Å²) < 4.78 is 39.5. The topological polar surface area (TPSA) is 68.0 Å². The van der Waals surface area contributed by atoms with Crippen LogP contribution < -0.4 is 5.32 Å². The summed E-state index contributed by atoms with van der Waals surface area (Å²) in [7, 11) is 0. The van der Waals surface area contributed by atoms with Crippen molar-refractivity contribution in [2.45, 2.75) is 6.18 Å². The Morgan fingerprint density at radius 1 is 1.44 bits per heavy atom. The number of alkyl halides is 3. The minimum absolute atomic E-state index is 0.0716. The fraction of sp³-hybridized carbons (Fsp3) is 0.0714. The highest BCUT2D eigenvalue weighted by Crippen LogP contribution is 2.30. The number of benzene rings is 1. The van der Waals surface area contributed by atoms with Gasteiger partial charge in [-0.1, -0.05) is 22.8 Å². The summed E-state index contributed by atoms with van der Waals surface area (Å²) in [4.78, 5) is 20.9. The number of hydrogen-bond acceptors (Lipinski definition) is 5. The molecule has 0 spiro atoms. The average molecular weight is 389 g/mol. The fourth-order valence-corrected chi connectivity index (χ4v) is 2.92. The van der Waals surface area contributed by atoms with Gasteiger partial charge >= 0.3 is 12.3 Å². The van der Waals surface area contributed by atoms with Crippen molar-refractivity contribution in [1.29, 1.82) is 0 Å². The molecule has 1 aromatic carbocycles. The van der Waals surface area contributed by atoms with E-state index < -0.39 is 17.8 Å². The minimum atomic E-state index is -4.51. The number of carbonyl (C=O) groups excluding carboxylic acids is 1. The van der Waals surface area contributed by atoms with Crippen molar-refractivity contribution in [2.75, 3.05) is 5.32 Å². The molecular formula is C14H8ClF3N4O2S. The van der Waals surface area contributed by atoms with Crippen molar-refractivity contribution in [3.05, 3.63) is 52.3 Å². The lowest BCUT2D eigenvalue weighted by atomic mass is 10.2. The molecule has 25 heavy (non-hydrogen) atoms. The van der Waals surface area contributed by atoms with Gasteiger partial charge in [0.15, 0.2) is 10.1 Å². The number of rotatable bonds is 3. The van der Waals surface area contributed by atoms with E-state index in [2.05, 4.69) is 20.3 Å². The van der Waals surface area contributed by atoms with Crippen molar-refractivity contribution in [2.24, 2.45) is 5.16 Å². The summed E-state index contributed by atoms with van der Waals surface area (Å²) in [6, 6.07) is 4.14. The quantitative estimate of drug-likeness (QED) is 0.403. The largest absolute Gasteiger partial charge is 0.437 e. The number of hydrogen-bond donors (Lipinski definition) is 1. The summed E-state index contributed by atoms with van der Waals surface area (Å²) >= 11 is 7.30. The lowest BCUT2D eigenvalue weighted by Crippen LogP contribution is -2.12. The third-order valence-electron chi connectivity index (χ3n) is 3.00. The highest BCUT2D eigenvalue weighted by molar-refractivity contribution is 7.15. The molecule has 0 aliphatic rings. The van der Waals surface area contributed by atoms with E-state index in [1.165, 1.54) is 29.7 Å². The summed E-state index contributed by atoms with van der Waals surface area (Å²) in [5.74, 6) is 0. The van der Waals surface area contributed by atoms with E-state index in [0.717, 1.165) is 12.1 Å². The van der Waals surface area contributed by atoms with Gasteiger partial charge in [-0.05, 0) is 18.2 Å². The molecule has 0 saturated heterocycles. The van der Waals surface area contributed by atoms with E-state index in [1.807, 2.05) is 0 Å². The van der Waals surface area contributed by atoms with E-state index in [9.17, 15) is 18.0 Å². The Balaban J connectivity index is 1.65. The van der Waals surface area contributed by atoms with E-state index >= 15 is 0 Å². The number of thiazole rings is 1. The van der Waals surface area contributed by atoms with Crippen molar-refractivity contribution in [1.82, 2.24) is 9.38 Å². The number of oxime groups is 1. The molecule has 6 nitrogen and oxygen atoms in total. The SMILES string of the molecule is O=C(Nc1cccc(C(F)(F)F)c1)O/N=C\c1c(Cl)nc2sccn12. The number of carbonyl (C=O) groups is 1. The number of fused-ring (bicyclic) bond motifs is 1. The van der Waals surface area contributed by atoms with Gasteiger partial charge in [-0.15, -0.1) is 11.3 Å². The lowest BCUT2D eigenvalue weighted by molar-refractivity contribution is -0.137. The first-order valence-corrected chi connectivity index (χ1v) is 7.90. The van der Waals surface area contributed by atoms with Crippen LogP contribution in [0.15, 0.2) is 41.0 Å². The van der Waals surface area contributed by atoms with Gasteiger partial charge in [-0.25, -0.2) is 9.78 Å². The molecule has 3 rings (SSSR count). The van der Waals surface area contributed by atoms with Gasteiger partial charge in [0, 0.05) is 17.3 Å². The standard InChI is InChI=1S/C14H8ClF3N4O2S/c15-11-10(22-4-5-25-12(22)21-11)7-19-24-13(23)20-9-3-1-2-8(6-9)14(16,17)18/h1-7H,(H,20,23)/b19-7-. The van der Waals surface area contributed by atoms with Gasteiger partial charge in [-0.3, -0.25) is 14.6 Å². The molecule has 130 valence electrons. The van der Waals surface area contributed by atoms with Crippen LogP contribution in [0.5, 0.6) is 0 Å². The van der Waals surface area contributed by atoms with Crippen molar-refractivity contribution in [3.8, 4) is 0 Å². The third-order valence-corrected chi connectivity index (χ3v) is 4.04. The Bertz CT molecular complexity index is 951. The lowest BCUT2D eigenvalue weighted by Gasteiger charge is -2.08. The minimum Gasteiger partial charge on any atom is -0.298 e. The monoisotopic (exact) mass is 388 g/mol. The predicted octanol–water partition coefficient (Wildman–Crippen LogP) is 4.65. The molecule has 1 amide bonds. The Labute approximate surface area is 147 Å². The molecule has 3 aromatic rings. The summed E-state index contributed by atoms with van der Waals surface area (Å²) in [6.07, 6.45) is -2.66. The molecule has 0 bridgehead atoms. The van der Waals surface area contributed by atoms with E-state index in [0.29, 0.717) is 10.7 Å². The number of nitrogens with zero attached hydrogens (tertiary/aromatic N) is 3. The molecule has 0 radical (unpaired) electrons. The third kappa shape index (κ3) is 3.91. The van der Waals surface area contributed by atoms with Gasteiger partial charge in [0.1, 0.15) is 5.69 Å². The maximum Gasteiger partial charge on any atom is 0.437 e. The van der Waals surface area contributed by atoms with Gasteiger partial charge in [0.25, 0.3) is 0 Å². The first-order chi connectivity index (χ1) is 11.8. The maximum atomic E-state index is 12.6. The second kappa shape index (κ2) is 6.73. The highest BCUT2D eigenvalue weighted by Gasteiger charge is 2.30. The molecule has 2 aromatic heterocycles. The van der Waals surface area contributed by atoms with Crippen LogP contribution in [-0.4, -0.2) is 21.7 Å². The van der Waals surface area contributed by atoms with Gasteiger partial charge in [0.05, 0.1) is 11.8 Å². The van der Waals surface area contributed by atoms with Gasteiger partial charge in [0.2, 0.25) is 0 Å². The molecule has 2 heterocycles. The molecule has 0 aliphatic heterocycles. The molecule has 0 unspecified atom stereocenters. The Hall–Kier alpha value is -2.59.